The monoisotopic (exact) mass is 300 g/mol. The fourth-order valence-electron chi connectivity index (χ4n) is 2.78. The van der Waals surface area contributed by atoms with Crippen LogP contribution in [0, 0.1) is 0 Å². The van der Waals surface area contributed by atoms with Crippen molar-refractivity contribution in [3.63, 3.8) is 0 Å². The van der Waals surface area contributed by atoms with Crippen LogP contribution >= 0.6 is 0 Å². The average molecular weight is 300 g/mol. The highest BCUT2D eigenvalue weighted by Crippen LogP contribution is 2.38. The molecule has 2 rings (SSSR count). The smallest absolute Gasteiger partial charge is 0.371 e. The molecule has 1 aliphatic heterocycles. The summed E-state index contributed by atoms with van der Waals surface area (Å²) in [4.78, 5) is 1.90. The highest BCUT2D eigenvalue weighted by atomic mass is 19.4. The second-order valence-electron chi connectivity index (χ2n) is 5.53. The predicted octanol–water partition coefficient (Wildman–Crippen LogP) is 4.20. The molecule has 0 bridgehead atoms. The maximum Gasteiger partial charge on any atom is 0.418 e. The van der Waals surface area contributed by atoms with Gasteiger partial charge in [0, 0.05) is 25.3 Å². The molecule has 21 heavy (non-hydrogen) atoms. The lowest BCUT2D eigenvalue weighted by molar-refractivity contribution is -0.137. The molecule has 1 aromatic rings. The summed E-state index contributed by atoms with van der Waals surface area (Å²) in [5.41, 5.74) is 0.521. The molecule has 0 aliphatic carbocycles. The molecule has 0 saturated carbocycles. The second kappa shape index (κ2) is 7.16. The Morgan fingerprint density at radius 3 is 2.33 bits per heavy atom. The van der Waals surface area contributed by atoms with E-state index in [1.807, 2.05) is 11.8 Å². The van der Waals surface area contributed by atoms with E-state index >= 15 is 0 Å². The zero-order valence-electron chi connectivity index (χ0n) is 12.5. The number of benzene rings is 1. The Hall–Kier alpha value is -1.23. The van der Waals surface area contributed by atoms with E-state index in [1.165, 1.54) is 6.07 Å². The number of anilines is 1. The highest BCUT2D eigenvalue weighted by Gasteiger charge is 2.35. The van der Waals surface area contributed by atoms with E-state index in [1.54, 1.807) is 12.1 Å². The Morgan fingerprint density at radius 2 is 1.76 bits per heavy atom. The second-order valence-corrected chi connectivity index (χ2v) is 5.53. The quantitative estimate of drug-likeness (QED) is 0.896. The molecular formula is C16H23F3N2. The molecule has 5 heteroatoms. The minimum Gasteiger partial charge on any atom is -0.371 e. The molecule has 0 radical (unpaired) electrons. The molecule has 0 spiro atoms. The standard InChI is InChI=1S/C16H23F3N2/c1-2-20-12-13-7-8-15(14(11-13)16(17,18)19)21-9-5-3-4-6-10-21/h7-8,11,20H,2-6,9-10,12H2,1H3. The Labute approximate surface area is 124 Å². The van der Waals surface area contributed by atoms with Gasteiger partial charge in [0.05, 0.1) is 5.56 Å². The lowest BCUT2D eigenvalue weighted by atomic mass is 10.1. The summed E-state index contributed by atoms with van der Waals surface area (Å²) >= 11 is 0. The number of halogens is 3. The molecule has 1 fully saturated rings. The summed E-state index contributed by atoms with van der Waals surface area (Å²) in [6.07, 6.45) is -0.149. The van der Waals surface area contributed by atoms with Gasteiger partial charge in [0.2, 0.25) is 0 Å². The number of rotatable bonds is 4. The number of nitrogens with one attached hydrogen (secondary N) is 1. The van der Waals surface area contributed by atoms with Gasteiger partial charge in [-0.1, -0.05) is 25.8 Å². The fraction of sp³-hybridized carbons (Fsp3) is 0.625. The minimum absolute atomic E-state index is 0.338. The Morgan fingerprint density at radius 1 is 1.10 bits per heavy atom. The summed E-state index contributed by atoms with van der Waals surface area (Å²) in [6, 6.07) is 4.74. The van der Waals surface area contributed by atoms with Gasteiger partial charge in [-0.05, 0) is 37.1 Å². The summed E-state index contributed by atoms with van der Waals surface area (Å²) in [6.45, 7) is 4.59. The molecule has 0 atom stereocenters. The van der Waals surface area contributed by atoms with Crippen LogP contribution in [-0.4, -0.2) is 19.6 Å². The molecule has 1 aromatic carbocycles. The molecular weight excluding hydrogens is 277 g/mol. The zero-order valence-corrected chi connectivity index (χ0v) is 12.5. The van der Waals surface area contributed by atoms with Crippen molar-refractivity contribution in [1.82, 2.24) is 5.32 Å². The van der Waals surface area contributed by atoms with Crippen LogP contribution in [0.1, 0.15) is 43.7 Å². The fourth-order valence-corrected chi connectivity index (χ4v) is 2.78. The summed E-state index contributed by atoms with van der Waals surface area (Å²) < 4.78 is 40.1. The molecule has 0 unspecified atom stereocenters. The molecule has 1 aliphatic rings. The lowest BCUT2D eigenvalue weighted by Crippen LogP contribution is -2.27. The maximum absolute atomic E-state index is 13.4. The SMILES string of the molecule is CCNCc1ccc(N2CCCCCC2)c(C(F)(F)F)c1. The van der Waals surface area contributed by atoms with Gasteiger partial charge in [0.1, 0.15) is 0 Å². The predicted molar refractivity (Wildman–Crippen MR) is 79.5 cm³/mol. The third kappa shape index (κ3) is 4.37. The van der Waals surface area contributed by atoms with Crippen molar-refractivity contribution < 1.29 is 13.2 Å². The highest BCUT2D eigenvalue weighted by molar-refractivity contribution is 5.56. The van der Waals surface area contributed by atoms with E-state index in [9.17, 15) is 13.2 Å². The molecule has 1 N–H and O–H groups in total. The molecule has 2 nitrogen and oxygen atoms in total. The van der Waals surface area contributed by atoms with Crippen LogP contribution in [0.4, 0.5) is 18.9 Å². The van der Waals surface area contributed by atoms with Gasteiger partial charge in [0.15, 0.2) is 0 Å². The first-order valence-electron chi connectivity index (χ1n) is 7.68. The Bertz CT molecular complexity index is 449. The van der Waals surface area contributed by atoms with Gasteiger partial charge in [-0.3, -0.25) is 0 Å². The van der Waals surface area contributed by atoms with Crippen LogP contribution in [0.15, 0.2) is 18.2 Å². The van der Waals surface area contributed by atoms with Gasteiger partial charge >= 0.3 is 6.18 Å². The molecule has 1 heterocycles. The van der Waals surface area contributed by atoms with Gasteiger partial charge < -0.3 is 10.2 Å². The van der Waals surface area contributed by atoms with Crippen molar-refractivity contribution >= 4 is 5.69 Å². The van der Waals surface area contributed by atoms with Gasteiger partial charge in [-0.15, -0.1) is 0 Å². The van der Waals surface area contributed by atoms with Crippen molar-refractivity contribution in [2.24, 2.45) is 0 Å². The van der Waals surface area contributed by atoms with Crippen molar-refractivity contribution in [2.45, 2.75) is 45.3 Å². The Balaban J connectivity index is 2.30. The van der Waals surface area contributed by atoms with Crippen LogP contribution in [0.2, 0.25) is 0 Å². The molecule has 118 valence electrons. The number of hydrogen-bond donors (Lipinski definition) is 1. The summed E-state index contributed by atoms with van der Waals surface area (Å²) in [7, 11) is 0. The zero-order chi connectivity index (χ0) is 15.3. The third-order valence-electron chi connectivity index (χ3n) is 3.89. The maximum atomic E-state index is 13.4. The van der Waals surface area contributed by atoms with E-state index in [-0.39, 0.29) is 0 Å². The third-order valence-corrected chi connectivity index (χ3v) is 3.89. The van der Waals surface area contributed by atoms with Crippen molar-refractivity contribution in [3.8, 4) is 0 Å². The van der Waals surface area contributed by atoms with Crippen molar-refractivity contribution in [2.75, 3.05) is 24.5 Å². The number of nitrogens with zero attached hydrogens (tertiary/aromatic N) is 1. The van der Waals surface area contributed by atoms with Crippen molar-refractivity contribution in [3.05, 3.63) is 29.3 Å². The first-order chi connectivity index (χ1) is 10.0. The van der Waals surface area contributed by atoms with Crippen LogP contribution in [0.3, 0.4) is 0 Å². The van der Waals surface area contributed by atoms with Crippen LogP contribution < -0.4 is 10.2 Å². The largest absolute Gasteiger partial charge is 0.418 e. The average Bonchev–Trinajstić information content (AvgIpc) is 2.73. The molecule has 0 aromatic heterocycles. The van der Waals surface area contributed by atoms with Gasteiger partial charge in [0.25, 0.3) is 0 Å². The lowest BCUT2D eigenvalue weighted by Gasteiger charge is -2.26. The number of hydrogen-bond acceptors (Lipinski definition) is 2. The van der Waals surface area contributed by atoms with Gasteiger partial charge in [-0.25, -0.2) is 0 Å². The summed E-state index contributed by atoms with van der Waals surface area (Å²) in [5, 5.41) is 3.07. The van der Waals surface area contributed by atoms with Gasteiger partial charge in [-0.2, -0.15) is 13.2 Å². The van der Waals surface area contributed by atoms with E-state index in [2.05, 4.69) is 5.32 Å². The first kappa shape index (κ1) is 16.1. The molecule has 1 saturated heterocycles. The van der Waals surface area contributed by atoms with Crippen molar-refractivity contribution in [1.29, 1.82) is 0 Å². The number of alkyl halides is 3. The van der Waals surface area contributed by atoms with Crippen LogP contribution in [-0.2, 0) is 12.7 Å². The summed E-state index contributed by atoms with van der Waals surface area (Å²) in [5.74, 6) is 0. The topological polar surface area (TPSA) is 15.3 Å². The Kier molecular flexibility index (Phi) is 5.51. The van der Waals surface area contributed by atoms with Crippen LogP contribution in [0.5, 0.6) is 0 Å². The molecule has 0 amide bonds. The minimum atomic E-state index is -4.30. The van der Waals surface area contributed by atoms with Crippen LogP contribution in [0.25, 0.3) is 0 Å². The van der Waals surface area contributed by atoms with E-state index < -0.39 is 11.7 Å². The first-order valence-corrected chi connectivity index (χ1v) is 7.68. The normalized spacial score (nSPS) is 16.9. The van der Waals surface area contributed by atoms with E-state index in [0.717, 1.165) is 45.3 Å². The van der Waals surface area contributed by atoms with E-state index in [0.29, 0.717) is 17.8 Å². The van der Waals surface area contributed by atoms with E-state index in [4.69, 9.17) is 0 Å².